The molecule has 3 aromatic rings. The van der Waals surface area contributed by atoms with E-state index in [1.807, 2.05) is 49.4 Å². The van der Waals surface area contributed by atoms with Crippen LogP contribution in [-0.4, -0.2) is 37.0 Å². The quantitative estimate of drug-likeness (QED) is 0.371. The first-order chi connectivity index (χ1) is 16.0. The molecule has 0 spiro atoms. The van der Waals surface area contributed by atoms with E-state index in [4.69, 9.17) is 14.5 Å². The Kier molecular flexibility index (Phi) is 5.26. The standard InChI is InChI=1S/C29H27NO3/c1-5-33-27-25(26(30-29(27,2)3)18-12-7-6-8-13-18)24-20-15-10-9-14-19(20)23-21(24)16-11-17-22(23)28(31)32-4/h6-17,27H,5H2,1-4H3/b25-24-. The Bertz CT molecular complexity index is 1300. The molecule has 0 aromatic heterocycles. The van der Waals surface area contributed by atoms with Crippen molar-refractivity contribution in [2.24, 2.45) is 4.99 Å². The Morgan fingerprint density at radius 2 is 1.58 bits per heavy atom. The Morgan fingerprint density at radius 1 is 0.909 bits per heavy atom. The van der Waals surface area contributed by atoms with Crippen molar-refractivity contribution in [3.63, 3.8) is 0 Å². The van der Waals surface area contributed by atoms with E-state index in [-0.39, 0.29) is 12.1 Å². The van der Waals surface area contributed by atoms with Gasteiger partial charge in [0.15, 0.2) is 0 Å². The Labute approximate surface area is 194 Å². The van der Waals surface area contributed by atoms with E-state index in [1.165, 1.54) is 7.11 Å². The highest BCUT2D eigenvalue weighted by atomic mass is 16.5. The van der Waals surface area contributed by atoms with Crippen molar-refractivity contribution < 1.29 is 14.3 Å². The second-order valence-corrected chi connectivity index (χ2v) is 8.87. The van der Waals surface area contributed by atoms with Gasteiger partial charge in [-0.05, 0) is 49.1 Å². The summed E-state index contributed by atoms with van der Waals surface area (Å²) in [6.07, 6.45) is -0.214. The lowest BCUT2D eigenvalue weighted by molar-refractivity contribution is 0.0542. The molecule has 0 fully saturated rings. The molecule has 4 nitrogen and oxygen atoms in total. The highest BCUT2D eigenvalue weighted by Gasteiger charge is 2.45. The van der Waals surface area contributed by atoms with Crippen LogP contribution in [0.3, 0.4) is 0 Å². The molecule has 4 heteroatoms. The molecule has 166 valence electrons. The van der Waals surface area contributed by atoms with E-state index in [1.54, 1.807) is 0 Å². The SMILES string of the molecule is CCOC1/C(=C2/c3ccccc3-c3c(C(=O)OC)cccc32)C(c2ccccc2)=NC1(C)C. The molecule has 0 radical (unpaired) electrons. The molecule has 3 aromatic carbocycles. The summed E-state index contributed by atoms with van der Waals surface area (Å²) in [7, 11) is 1.42. The third-order valence-electron chi connectivity index (χ3n) is 6.41. The van der Waals surface area contributed by atoms with Gasteiger partial charge in [-0.3, -0.25) is 4.99 Å². The van der Waals surface area contributed by atoms with E-state index < -0.39 is 5.54 Å². The van der Waals surface area contributed by atoms with Gasteiger partial charge in [-0.25, -0.2) is 4.79 Å². The number of methoxy groups -OCH3 is 1. The van der Waals surface area contributed by atoms with Gasteiger partial charge in [0.25, 0.3) is 0 Å². The number of esters is 1. The zero-order valence-electron chi connectivity index (χ0n) is 19.4. The molecule has 1 aliphatic heterocycles. The zero-order chi connectivity index (χ0) is 23.2. The summed E-state index contributed by atoms with van der Waals surface area (Å²) in [5.41, 5.74) is 8.34. The number of nitrogens with zero attached hydrogens (tertiary/aromatic N) is 1. The minimum absolute atomic E-state index is 0.214. The van der Waals surface area contributed by atoms with Gasteiger partial charge in [-0.2, -0.15) is 0 Å². The van der Waals surface area contributed by atoms with E-state index in [2.05, 4.69) is 44.2 Å². The first kappa shape index (κ1) is 21.4. The van der Waals surface area contributed by atoms with Crippen LogP contribution in [0.1, 0.15) is 47.8 Å². The van der Waals surface area contributed by atoms with Gasteiger partial charge >= 0.3 is 5.97 Å². The van der Waals surface area contributed by atoms with Crippen LogP contribution in [0, 0.1) is 0 Å². The predicted octanol–water partition coefficient (Wildman–Crippen LogP) is 5.94. The molecule has 0 saturated carbocycles. The third kappa shape index (κ3) is 3.33. The number of rotatable bonds is 4. The number of hydrogen-bond donors (Lipinski definition) is 0. The molecule has 0 N–H and O–H groups in total. The highest BCUT2D eigenvalue weighted by Crippen LogP contribution is 2.50. The summed E-state index contributed by atoms with van der Waals surface area (Å²) in [5, 5.41) is 0. The first-order valence-corrected chi connectivity index (χ1v) is 11.3. The van der Waals surface area contributed by atoms with E-state index in [9.17, 15) is 4.79 Å². The Hall–Kier alpha value is -3.50. The Balaban J connectivity index is 1.88. The van der Waals surface area contributed by atoms with Crippen LogP contribution in [0.2, 0.25) is 0 Å². The smallest absolute Gasteiger partial charge is 0.338 e. The minimum atomic E-state index is -0.429. The summed E-state index contributed by atoms with van der Waals surface area (Å²) >= 11 is 0. The van der Waals surface area contributed by atoms with Crippen molar-refractivity contribution >= 4 is 17.3 Å². The van der Waals surface area contributed by atoms with Crippen molar-refractivity contribution in [1.82, 2.24) is 0 Å². The maximum Gasteiger partial charge on any atom is 0.338 e. The molecule has 33 heavy (non-hydrogen) atoms. The predicted molar refractivity (Wildman–Crippen MR) is 132 cm³/mol. The van der Waals surface area contributed by atoms with Crippen LogP contribution in [0.15, 0.2) is 83.4 Å². The van der Waals surface area contributed by atoms with Gasteiger partial charge in [0.2, 0.25) is 0 Å². The average molecular weight is 438 g/mol. The monoisotopic (exact) mass is 437 g/mol. The van der Waals surface area contributed by atoms with Crippen LogP contribution in [-0.2, 0) is 9.47 Å². The molecule has 1 unspecified atom stereocenters. The second-order valence-electron chi connectivity index (χ2n) is 8.87. The minimum Gasteiger partial charge on any atom is -0.465 e. The topological polar surface area (TPSA) is 47.9 Å². The summed E-state index contributed by atoms with van der Waals surface area (Å²) in [6, 6.07) is 24.4. The molecule has 1 aliphatic carbocycles. The van der Waals surface area contributed by atoms with E-state index in [0.29, 0.717) is 12.2 Å². The van der Waals surface area contributed by atoms with Crippen LogP contribution < -0.4 is 0 Å². The number of carbonyl (C=O) groups excluding carboxylic acids is 1. The zero-order valence-corrected chi connectivity index (χ0v) is 19.4. The Morgan fingerprint density at radius 3 is 2.27 bits per heavy atom. The molecule has 0 saturated heterocycles. The van der Waals surface area contributed by atoms with Crippen LogP contribution in [0.5, 0.6) is 0 Å². The fraction of sp³-hybridized carbons (Fsp3) is 0.241. The molecule has 2 aliphatic rings. The number of ether oxygens (including phenoxy) is 2. The third-order valence-corrected chi connectivity index (χ3v) is 6.41. The van der Waals surface area contributed by atoms with Gasteiger partial charge in [-0.1, -0.05) is 66.7 Å². The van der Waals surface area contributed by atoms with E-state index in [0.717, 1.165) is 44.7 Å². The van der Waals surface area contributed by atoms with Gasteiger partial charge < -0.3 is 9.47 Å². The van der Waals surface area contributed by atoms with Crippen molar-refractivity contribution in [1.29, 1.82) is 0 Å². The maximum atomic E-state index is 12.7. The van der Waals surface area contributed by atoms with Crippen molar-refractivity contribution in [2.75, 3.05) is 13.7 Å². The van der Waals surface area contributed by atoms with Gasteiger partial charge in [0.1, 0.15) is 6.10 Å². The number of hydrogen-bond acceptors (Lipinski definition) is 4. The van der Waals surface area contributed by atoms with Gasteiger partial charge in [0, 0.05) is 23.3 Å². The number of aliphatic imine (C=N–C) groups is 1. The average Bonchev–Trinajstić information content (AvgIpc) is 3.30. The molecular formula is C29H27NO3. The molecule has 5 rings (SSSR count). The van der Waals surface area contributed by atoms with Crippen LogP contribution >= 0.6 is 0 Å². The fourth-order valence-corrected chi connectivity index (χ4v) is 5.09. The highest BCUT2D eigenvalue weighted by molar-refractivity contribution is 6.23. The molecule has 1 heterocycles. The molecular weight excluding hydrogens is 410 g/mol. The van der Waals surface area contributed by atoms with Gasteiger partial charge in [-0.15, -0.1) is 0 Å². The normalized spacial score (nSPS) is 20.2. The fourth-order valence-electron chi connectivity index (χ4n) is 5.09. The number of benzene rings is 3. The largest absolute Gasteiger partial charge is 0.465 e. The molecule has 0 bridgehead atoms. The van der Waals surface area contributed by atoms with Crippen LogP contribution in [0.25, 0.3) is 16.7 Å². The molecule has 1 atom stereocenters. The second kappa shape index (κ2) is 8.13. The lowest BCUT2D eigenvalue weighted by Gasteiger charge is -2.27. The summed E-state index contributed by atoms with van der Waals surface area (Å²) in [4.78, 5) is 17.9. The van der Waals surface area contributed by atoms with Crippen molar-refractivity contribution in [3.05, 3.63) is 101 Å². The van der Waals surface area contributed by atoms with Crippen molar-refractivity contribution in [3.8, 4) is 11.1 Å². The summed E-state index contributed by atoms with van der Waals surface area (Å²) in [5.74, 6) is -0.335. The lowest BCUT2D eigenvalue weighted by Crippen LogP contribution is -2.34. The number of carbonyl (C=O) groups is 1. The first-order valence-electron chi connectivity index (χ1n) is 11.3. The van der Waals surface area contributed by atoms with Gasteiger partial charge in [0.05, 0.1) is 23.9 Å². The lowest BCUT2D eigenvalue weighted by atomic mass is 9.85. The summed E-state index contributed by atoms with van der Waals surface area (Å²) in [6.45, 7) is 6.84. The van der Waals surface area contributed by atoms with Crippen LogP contribution in [0.4, 0.5) is 0 Å². The van der Waals surface area contributed by atoms with E-state index >= 15 is 0 Å². The van der Waals surface area contributed by atoms with Crippen molar-refractivity contribution in [2.45, 2.75) is 32.4 Å². The summed E-state index contributed by atoms with van der Waals surface area (Å²) < 4.78 is 11.5. The number of fused-ring (bicyclic) bond motifs is 3. The molecule has 0 amide bonds. The maximum absolute atomic E-state index is 12.7.